The lowest BCUT2D eigenvalue weighted by Gasteiger charge is -2.24. The number of carboxylic acids is 1. The summed E-state index contributed by atoms with van der Waals surface area (Å²) in [5.74, 6) is -1.30. The first kappa shape index (κ1) is 14.4. The maximum Gasteiger partial charge on any atom is 0.323 e. The Bertz CT molecular complexity index is 298. The minimum Gasteiger partial charge on any atom is -0.480 e. The molecule has 0 fully saturated rings. The first-order chi connectivity index (χ1) is 7.46. The van der Waals surface area contributed by atoms with E-state index in [0.717, 1.165) is 0 Å². The molecule has 0 heterocycles. The van der Waals surface area contributed by atoms with Crippen LogP contribution in [0.4, 0.5) is 0 Å². The molecule has 0 aliphatic rings. The van der Waals surface area contributed by atoms with E-state index >= 15 is 0 Å². The van der Waals surface area contributed by atoms with Crippen molar-refractivity contribution in [2.24, 2.45) is 0 Å². The van der Waals surface area contributed by atoms with Crippen molar-refractivity contribution in [3.63, 3.8) is 0 Å². The molecule has 0 aliphatic carbocycles. The van der Waals surface area contributed by atoms with E-state index in [4.69, 9.17) is 10.4 Å². The number of rotatable bonds is 7. The third-order valence-electron chi connectivity index (χ3n) is 2.38. The van der Waals surface area contributed by atoms with Gasteiger partial charge in [0.05, 0.1) is 19.0 Å². The fourth-order valence-corrected chi connectivity index (χ4v) is 0.948. The van der Waals surface area contributed by atoms with Crippen LogP contribution in [0.2, 0.25) is 0 Å². The van der Waals surface area contributed by atoms with E-state index < -0.39 is 11.5 Å². The van der Waals surface area contributed by atoms with E-state index in [2.05, 4.69) is 10.6 Å². The number of carboxylic acid groups (broad SMARTS) is 1. The second-order valence-electron chi connectivity index (χ2n) is 3.60. The van der Waals surface area contributed by atoms with Gasteiger partial charge < -0.3 is 10.4 Å². The predicted octanol–water partition coefficient (Wildman–Crippen LogP) is -0.141. The lowest BCUT2D eigenvalue weighted by Crippen LogP contribution is -2.52. The lowest BCUT2D eigenvalue weighted by atomic mass is 9.99. The average Bonchev–Trinajstić information content (AvgIpc) is 2.26. The van der Waals surface area contributed by atoms with Gasteiger partial charge in [-0.25, -0.2) is 0 Å². The summed E-state index contributed by atoms with van der Waals surface area (Å²) in [6.07, 6.45) is 0.628. The Kier molecular flexibility index (Phi) is 6.11. The quantitative estimate of drug-likeness (QED) is 0.525. The molecule has 1 amide bonds. The van der Waals surface area contributed by atoms with Crippen LogP contribution in [0.3, 0.4) is 0 Å². The van der Waals surface area contributed by atoms with Crippen molar-refractivity contribution in [1.29, 1.82) is 5.26 Å². The van der Waals surface area contributed by atoms with Crippen LogP contribution in [0.15, 0.2) is 0 Å². The number of carbonyl (C=O) groups excluding carboxylic acids is 1. The van der Waals surface area contributed by atoms with Gasteiger partial charge in [-0.1, -0.05) is 6.92 Å². The van der Waals surface area contributed by atoms with E-state index in [1.54, 1.807) is 6.92 Å². The molecule has 0 aromatic heterocycles. The molecular weight excluding hydrogens is 210 g/mol. The highest BCUT2D eigenvalue weighted by Crippen LogP contribution is 2.08. The van der Waals surface area contributed by atoms with E-state index in [1.165, 1.54) is 6.92 Å². The maximum atomic E-state index is 11.2. The van der Waals surface area contributed by atoms with Gasteiger partial charge in [0, 0.05) is 6.54 Å². The van der Waals surface area contributed by atoms with Crippen molar-refractivity contribution in [3.05, 3.63) is 0 Å². The first-order valence-electron chi connectivity index (χ1n) is 5.08. The standard InChI is InChI=1S/C10H17N3O3/c1-3-10(2,9(15)16)13-7-8(14)12-6-4-5-11/h13H,3-4,6-7H2,1-2H3,(H,12,14)(H,15,16). The molecule has 6 nitrogen and oxygen atoms in total. The molecule has 0 saturated carbocycles. The van der Waals surface area contributed by atoms with E-state index in [0.29, 0.717) is 6.42 Å². The highest BCUT2D eigenvalue weighted by atomic mass is 16.4. The van der Waals surface area contributed by atoms with Crippen LogP contribution in [0.1, 0.15) is 26.7 Å². The smallest absolute Gasteiger partial charge is 0.323 e. The zero-order valence-electron chi connectivity index (χ0n) is 9.54. The number of aliphatic carboxylic acids is 1. The van der Waals surface area contributed by atoms with Gasteiger partial charge in [-0.15, -0.1) is 0 Å². The molecule has 1 unspecified atom stereocenters. The molecule has 0 rings (SSSR count). The molecular formula is C10H17N3O3. The Morgan fingerprint density at radius 1 is 1.50 bits per heavy atom. The van der Waals surface area contributed by atoms with Gasteiger partial charge in [0.1, 0.15) is 5.54 Å². The van der Waals surface area contributed by atoms with Crippen LogP contribution in [0.25, 0.3) is 0 Å². The summed E-state index contributed by atoms with van der Waals surface area (Å²) in [5, 5.41) is 22.4. The number of carbonyl (C=O) groups is 2. The van der Waals surface area contributed by atoms with Gasteiger partial charge in [0.25, 0.3) is 0 Å². The minimum atomic E-state index is -1.09. The zero-order valence-corrected chi connectivity index (χ0v) is 9.54. The first-order valence-corrected chi connectivity index (χ1v) is 5.08. The lowest BCUT2D eigenvalue weighted by molar-refractivity contribution is -0.144. The molecule has 16 heavy (non-hydrogen) atoms. The van der Waals surface area contributed by atoms with E-state index in [-0.39, 0.29) is 25.4 Å². The maximum absolute atomic E-state index is 11.2. The van der Waals surface area contributed by atoms with Crippen LogP contribution in [0, 0.1) is 11.3 Å². The number of nitrogens with zero attached hydrogens (tertiary/aromatic N) is 1. The second-order valence-corrected chi connectivity index (χ2v) is 3.60. The molecule has 0 aliphatic heterocycles. The number of hydrogen-bond donors (Lipinski definition) is 3. The van der Waals surface area contributed by atoms with Crippen LogP contribution >= 0.6 is 0 Å². The van der Waals surface area contributed by atoms with E-state index in [1.807, 2.05) is 6.07 Å². The van der Waals surface area contributed by atoms with Crippen molar-refractivity contribution < 1.29 is 14.7 Å². The van der Waals surface area contributed by atoms with Crippen LogP contribution in [-0.4, -0.2) is 35.6 Å². The third kappa shape index (κ3) is 4.75. The second kappa shape index (κ2) is 6.80. The molecule has 1 atom stereocenters. The normalized spacial score (nSPS) is 13.6. The van der Waals surface area contributed by atoms with Gasteiger partial charge in [-0.3, -0.25) is 14.9 Å². The summed E-state index contributed by atoms with van der Waals surface area (Å²) < 4.78 is 0. The molecule has 3 N–H and O–H groups in total. The fourth-order valence-electron chi connectivity index (χ4n) is 0.948. The molecule has 0 saturated heterocycles. The Labute approximate surface area is 94.6 Å². The minimum absolute atomic E-state index is 0.0674. The highest BCUT2D eigenvalue weighted by Gasteiger charge is 2.30. The molecule has 0 bridgehead atoms. The van der Waals surface area contributed by atoms with Crippen LogP contribution < -0.4 is 10.6 Å². The van der Waals surface area contributed by atoms with Crippen molar-refractivity contribution in [2.45, 2.75) is 32.2 Å². The van der Waals surface area contributed by atoms with Crippen LogP contribution in [0.5, 0.6) is 0 Å². The number of nitriles is 1. The zero-order chi connectivity index (χ0) is 12.6. The molecule has 0 spiro atoms. The highest BCUT2D eigenvalue weighted by molar-refractivity contribution is 5.81. The van der Waals surface area contributed by atoms with Gasteiger partial charge in [0.2, 0.25) is 5.91 Å². The molecule has 6 heteroatoms. The molecule has 0 aromatic rings. The number of hydrogen-bond acceptors (Lipinski definition) is 4. The Morgan fingerprint density at radius 3 is 2.56 bits per heavy atom. The molecule has 0 aromatic carbocycles. The van der Waals surface area contributed by atoms with Gasteiger partial charge in [-0.2, -0.15) is 5.26 Å². The van der Waals surface area contributed by atoms with Gasteiger partial charge >= 0.3 is 5.97 Å². The monoisotopic (exact) mass is 227 g/mol. The Hall–Kier alpha value is -1.61. The van der Waals surface area contributed by atoms with Gasteiger partial charge in [-0.05, 0) is 13.3 Å². The van der Waals surface area contributed by atoms with Crippen molar-refractivity contribution in [2.75, 3.05) is 13.1 Å². The molecule has 90 valence electrons. The fraction of sp³-hybridized carbons (Fsp3) is 0.700. The predicted molar refractivity (Wildman–Crippen MR) is 57.6 cm³/mol. The summed E-state index contributed by atoms with van der Waals surface area (Å²) in [6.45, 7) is 3.47. The average molecular weight is 227 g/mol. The SMILES string of the molecule is CCC(C)(NCC(=O)NCCC#N)C(=O)O. The summed E-state index contributed by atoms with van der Waals surface area (Å²) >= 11 is 0. The topological polar surface area (TPSA) is 102 Å². The van der Waals surface area contributed by atoms with Gasteiger partial charge in [0.15, 0.2) is 0 Å². The van der Waals surface area contributed by atoms with E-state index in [9.17, 15) is 9.59 Å². The van der Waals surface area contributed by atoms with Crippen molar-refractivity contribution >= 4 is 11.9 Å². The summed E-state index contributed by atoms with van der Waals surface area (Å²) in [7, 11) is 0. The summed E-state index contributed by atoms with van der Waals surface area (Å²) in [6, 6.07) is 1.90. The Morgan fingerprint density at radius 2 is 2.12 bits per heavy atom. The summed E-state index contributed by atoms with van der Waals surface area (Å²) in [4.78, 5) is 22.1. The number of nitrogens with one attached hydrogen (secondary N) is 2. The number of amides is 1. The van der Waals surface area contributed by atoms with Crippen LogP contribution in [-0.2, 0) is 9.59 Å². The third-order valence-corrected chi connectivity index (χ3v) is 2.38. The largest absolute Gasteiger partial charge is 0.480 e. The van der Waals surface area contributed by atoms with Crippen molar-refractivity contribution in [1.82, 2.24) is 10.6 Å². The summed E-state index contributed by atoms with van der Waals surface area (Å²) in [5.41, 5.74) is -1.09. The van der Waals surface area contributed by atoms with Crippen molar-refractivity contribution in [3.8, 4) is 6.07 Å². The Balaban J connectivity index is 3.99. The molecule has 0 radical (unpaired) electrons.